The van der Waals surface area contributed by atoms with E-state index in [1.807, 2.05) is 30.3 Å². The van der Waals surface area contributed by atoms with Crippen LogP contribution < -0.4 is 10.7 Å². The monoisotopic (exact) mass is 375 g/mol. The summed E-state index contributed by atoms with van der Waals surface area (Å²) < 4.78 is 14.3. The van der Waals surface area contributed by atoms with Crippen LogP contribution in [0.2, 0.25) is 0 Å². The maximum atomic E-state index is 13.0. The minimum atomic E-state index is -0.879. The summed E-state index contributed by atoms with van der Waals surface area (Å²) in [6, 6.07) is 15.3. The number of ketones is 1. The fourth-order valence-corrected chi connectivity index (χ4v) is 3.23. The van der Waals surface area contributed by atoms with Crippen LogP contribution in [0.5, 0.6) is 5.75 Å². The highest BCUT2D eigenvalue weighted by Gasteiger charge is 2.20. The second-order valence-corrected chi connectivity index (χ2v) is 6.62. The van der Waals surface area contributed by atoms with Crippen molar-refractivity contribution in [3.8, 4) is 5.75 Å². The van der Waals surface area contributed by atoms with E-state index in [0.29, 0.717) is 12.2 Å². The molecule has 2 aromatic carbocycles. The van der Waals surface area contributed by atoms with Crippen molar-refractivity contribution in [1.29, 1.82) is 0 Å². The second kappa shape index (κ2) is 7.23. The van der Waals surface area contributed by atoms with E-state index in [0.717, 1.165) is 16.7 Å². The fraction of sp³-hybridized carbons (Fsp3) is 0.136. The number of Topliss-reactive ketones (excluding diaryl/α,β-unsaturated/α-hetero) is 1. The molecule has 1 aliphatic heterocycles. The van der Waals surface area contributed by atoms with Crippen molar-refractivity contribution < 1.29 is 14.3 Å². The van der Waals surface area contributed by atoms with Crippen LogP contribution >= 0.6 is 0 Å². The number of carbonyl (C=O) groups excluding carboxylic acids is 1. The average molecular weight is 375 g/mol. The molecule has 0 unspecified atom stereocenters. The van der Waals surface area contributed by atoms with Crippen LogP contribution in [0.3, 0.4) is 0 Å². The van der Waals surface area contributed by atoms with Crippen LogP contribution in [0, 0.1) is 5.82 Å². The standard InChI is InChI=1S/C22H17FN2O3/c23-17-9-6-14(7-10-17)8-11-18(26)20-21(27)22(28)25-13-16(12-19(25)24-20)15-4-2-1-3-5-15/h1-7,9-10,12,27H,8,11,13H2/p-1. The molecule has 2 heterocycles. The molecule has 0 atom stereocenters. The number of hydrogen-bond acceptors (Lipinski definition) is 4. The first-order valence-electron chi connectivity index (χ1n) is 8.88. The molecule has 3 aromatic rings. The van der Waals surface area contributed by atoms with Crippen molar-refractivity contribution in [2.24, 2.45) is 0 Å². The van der Waals surface area contributed by atoms with E-state index in [1.165, 1.54) is 16.7 Å². The van der Waals surface area contributed by atoms with Crippen LogP contribution in [-0.2, 0) is 13.0 Å². The summed E-state index contributed by atoms with van der Waals surface area (Å²) in [6.07, 6.45) is 2.09. The number of nitrogens with zero attached hydrogens (tertiary/aromatic N) is 2. The number of hydrogen-bond donors (Lipinski definition) is 0. The third kappa shape index (κ3) is 3.36. The number of halogens is 1. The number of aromatic nitrogens is 2. The lowest BCUT2D eigenvalue weighted by atomic mass is 10.1. The number of carbonyl (C=O) groups is 1. The lowest BCUT2D eigenvalue weighted by molar-refractivity contribution is -0.271. The van der Waals surface area contributed by atoms with E-state index in [1.54, 1.807) is 18.2 Å². The summed E-state index contributed by atoms with van der Waals surface area (Å²) in [5.41, 5.74) is 1.50. The maximum Gasteiger partial charge on any atom is 0.246 e. The number of rotatable bonds is 5. The summed E-state index contributed by atoms with van der Waals surface area (Å²) in [5.74, 6) is -1.41. The van der Waals surface area contributed by atoms with Crippen LogP contribution in [0.4, 0.5) is 4.39 Å². The summed E-state index contributed by atoms with van der Waals surface area (Å²) in [6.45, 7) is 0.254. The van der Waals surface area contributed by atoms with Gasteiger partial charge in [-0.05, 0) is 47.1 Å². The van der Waals surface area contributed by atoms with E-state index in [9.17, 15) is 19.1 Å². The van der Waals surface area contributed by atoms with Gasteiger partial charge in [0.2, 0.25) is 5.56 Å². The molecule has 0 saturated carbocycles. The van der Waals surface area contributed by atoms with Crippen LogP contribution in [0.15, 0.2) is 59.4 Å². The van der Waals surface area contributed by atoms with Gasteiger partial charge in [0.25, 0.3) is 0 Å². The molecule has 4 rings (SSSR count). The molecule has 0 spiro atoms. The van der Waals surface area contributed by atoms with Gasteiger partial charge in [0.1, 0.15) is 17.3 Å². The van der Waals surface area contributed by atoms with E-state index < -0.39 is 17.1 Å². The van der Waals surface area contributed by atoms with Crippen LogP contribution in [0.1, 0.15) is 33.9 Å². The SMILES string of the molecule is O=C(CCc1ccc(F)cc1)c1nc2n(c(=O)c1[O-])CC(c1ccccc1)=C2. The highest BCUT2D eigenvalue weighted by molar-refractivity contribution is 5.97. The van der Waals surface area contributed by atoms with Gasteiger partial charge in [0.15, 0.2) is 5.78 Å². The Balaban J connectivity index is 1.59. The Bertz CT molecular complexity index is 1130. The largest absolute Gasteiger partial charge is 0.867 e. The van der Waals surface area contributed by atoms with Crippen molar-refractivity contribution >= 4 is 17.4 Å². The Hall–Kier alpha value is -3.54. The minimum Gasteiger partial charge on any atom is -0.867 e. The van der Waals surface area contributed by atoms with E-state index in [-0.39, 0.29) is 24.5 Å². The quantitative estimate of drug-likeness (QED) is 0.643. The molecule has 0 N–H and O–H groups in total. The Morgan fingerprint density at radius 1 is 1.11 bits per heavy atom. The van der Waals surface area contributed by atoms with Gasteiger partial charge >= 0.3 is 0 Å². The Morgan fingerprint density at radius 2 is 1.82 bits per heavy atom. The van der Waals surface area contributed by atoms with Crippen LogP contribution in [-0.4, -0.2) is 15.3 Å². The van der Waals surface area contributed by atoms with Crippen molar-refractivity contribution in [3.05, 3.63) is 93.4 Å². The highest BCUT2D eigenvalue weighted by Crippen LogP contribution is 2.26. The molecule has 1 aromatic heterocycles. The third-order valence-electron chi connectivity index (χ3n) is 4.75. The molecule has 0 radical (unpaired) electrons. The zero-order valence-electron chi connectivity index (χ0n) is 14.9. The van der Waals surface area contributed by atoms with Crippen molar-refractivity contribution in [2.45, 2.75) is 19.4 Å². The molecule has 0 saturated heterocycles. The van der Waals surface area contributed by atoms with Gasteiger partial charge in [0.05, 0.1) is 6.54 Å². The Morgan fingerprint density at radius 3 is 2.54 bits per heavy atom. The Labute approximate surface area is 160 Å². The first-order valence-corrected chi connectivity index (χ1v) is 8.88. The smallest absolute Gasteiger partial charge is 0.246 e. The number of aryl methyl sites for hydroxylation is 1. The topological polar surface area (TPSA) is 75.0 Å². The van der Waals surface area contributed by atoms with Gasteiger partial charge in [-0.1, -0.05) is 42.5 Å². The molecule has 0 bridgehead atoms. The van der Waals surface area contributed by atoms with E-state index in [2.05, 4.69) is 4.98 Å². The molecule has 6 heteroatoms. The predicted octanol–water partition coefficient (Wildman–Crippen LogP) is 2.83. The van der Waals surface area contributed by atoms with Gasteiger partial charge in [-0.3, -0.25) is 14.2 Å². The molecule has 0 amide bonds. The predicted molar refractivity (Wildman–Crippen MR) is 101 cm³/mol. The molecule has 0 aliphatic carbocycles. The van der Waals surface area contributed by atoms with Crippen molar-refractivity contribution in [3.63, 3.8) is 0 Å². The van der Waals surface area contributed by atoms with Gasteiger partial charge in [0, 0.05) is 6.42 Å². The van der Waals surface area contributed by atoms with Gasteiger partial charge in [-0.2, -0.15) is 0 Å². The van der Waals surface area contributed by atoms with E-state index in [4.69, 9.17) is 0 Å². The summed E-state index contributed by atoms with van der Waals surface area (Å²) in [7, 11) is 0. The summed E-state index contributed by atoms with van der Waals surface area (Å²) >= 11 is 0. The van der Waals surface area contributed by atoms with Gasteiger partial charge in [-0.25, -0.2) is 9.37 Å². The molecule has 0 fully saturated rings. The number of fused-ring (bicyclic) bond motifs is 1. The van der Waals surface area contributed by atoms with Gasteiger partial charge in [-0.15, -0.1) is 0 Å². The van der Waals surface area contributed by atoms with Crippen LogP contribution in [0.25, 0.3) is 11.6 Å². The zero-order chi connectivity index (χ0) is 19.7. The minimum absolute atomic E-state index is 0.0199. The number of allylic oxidation sites excluding steroid dienone is 1. The Kier molecular flexibility index (Phi) is 4.61. The molecule has 140 valence electrons. The average Bonchev–Trinajstić information content (AvgIpc) is 3.15. The molecule has 1 aliphatic rings. The van der Waals surface area contributed by atoms with E-state index >= 15 is 0 Å². The lowest BCUT2D eigenvalue weighted by Gasteiger charge is -2.14. The first kappa shape index (κ1) is 17.9. The molecule has 28 heavy (non-hydrogen) atoms. The summed E-state index contributed by atoms with van der Waals surface area (Å²) in [4.78, 5) is 29.1. The van der Waals surface area contributed by atoms with Crippen molar-refractivity contribution in [1.82, 2.24) is 9.55 Å². The lowest BCUT2D eigenvalue weighted by Crippen LogP contribution is -2.28. The number of benzene rings is 2. The molecule has 5 nitrogen and oxygen atoms in total. The first-order chi connectivity index (χ1) is 13.5. The summed E-state index contributed by atoms with van der Waals surface area (Å²) in [5, 5.41) is 12.4. The third-order valence-corrected chi connectivity index (χ3v) is 4.75. The fourth-order valence-electron chi connectivity index (χ4n) is 3.23. The molecular formula is C22H16FN2O3-. The zero-order valence-corrected chi connectivity index (χ0v) is 14.9. The highest BCUT2D eigenvalue weighted by atomic mass is 19.1. The van der Waals surface area contributed by atoms with Crippen molar-refractivity contribution in [2.75, 3.05) is 0 Å². The van der Waals surface area contributed by atoms with Gasteiger partial charge < -0.3 is 5.11 Å². The second-order valence-electron chi connectivity index (χ2n) is 6.62. The molecular weight excluding hydrogens is 359 g/mol. The normalized spacial score (nSPS) is 12.5. The maximum absolute atomic E-state index is 13.0.